The minimum absolute atomic E-state index is 0. The fraction of sp³-hybridized carbons (Fsp3) is 0.933. The highest BCUT2D eigenvalue weighted by Crippen LogP contribution is 2.32. The maximum absolute atomic E-state index is 12.1. The van der Waals surface area contributed by atoms with E-state index in [1.165, 1.54) is 38.5 Å². The highest BCUT2D eigenvalue weighted by atomic mass is 35.5. The fourth-order valence-electron chi connectivity index (χ4n) is 2.90. The van der Waals surface area contributed by atoms with Gasteiger partial charge < -0.3 is 15.8 Å². The van der Waals surface area contributed by atoms with Crippen LogP contribution in [0.5, 0.6) is 0 Å². The molecule has 2 aliphatic rings. The Labute approximate surface area is 128 Å². The van der Waals surface area contributed by atoms with Crippen molar-refractivity contribution in [2.45, 2.75) is 76.5 Å². The van der Waals surface area contributed by atoms with Crippen molar-refractivity contribution in [1.29, 1.82) is 0 Å². The van der Waals surface area contributed by atoms with Crippen LogP contribution in [0.25, 0.3) is 0 Å². The van der Waals surface area contributed by atoms with Crippen LogP contribution in [0.4, 0.5) is 0 Å². The lowest BCUT2D eigenvalue weighted by Gasteiger charge is -2.23. The molecule has 0 aromatic carbocycles. The summed E-state index contributed by atoms with van der Waals surface area (Å²) in [7, 11) is 0. The number of carbonyl (C=O) groups excluding carboxylic acids is 1. The molecule has 0 heterocycles. The summed E-state index contributed by atoms with van der Waals surface area (Å²) in [6.07, 6.45) is 9.56. The summed E-state index contributed by atoms with van der Waals surface area (Å²) in [5.41, 5.74) is 5.71. The van der Waals surface area contributed by atoms with Crippen LogP contribution in [-0.4, -0.2) is 30.7 Å². The summed E-state index contributed by atoms with van der Waals surface area (Å²) >= 11 is 0. The first-order valence-corrected chi connectivity index (χ1v) is 7.86. The first kappa shape index (κ1) is 17.7. The second kappa shape index (κ2) is 8.85. The molecule has 2 fully saturated rings. The summed E-state index contributed by atoms with van der Waals surface area (Å²) in [4.78, 5) is 12.1. The van der Waals surface area contributed by atoms with E-state index in [0.29, 0.717) is 12.5 Å². The van der Waals surface area contributed by atoms with Crippen molar-refractivity contribution < 1.29 is 9.53 Å². The predicted molar refractivity (Wildman–Crippen MR) is 83.0 cm³/mol. The van der Waals surface area contributed by atoms with E-state index in [4.69, 9.17) is 10.5 Å². The molecule has 20 heavy (non-hydrogen) atoms. The fourth-order valence-corrected chi connectivity index (χ4v) is 2.90. The van der Waals surface area contributed by atoms with Crippen molar-refractivity contribution in [2.24, 2.45) is 11.7 Å². The van der Waals surface area contributed by atoms with Crippen molar-refractivity contribution in [1.82, 2.24) is 5.32 Å². The average molecular weight is 305 g/mol. The molecule has 1 amide bonds. The lowest BCUT2D eigenvalue weighted by atomic mass is 10.1. The Kier molecular flexibility index (Phi) is 7.85. The molecule has 2 atom stereocenters. The predicted octanol–water partition coefficient (Wildman–Crippen LogP) is 2.39. The number of halogens is 1. The number of ether oxygens (including phenoxy) is 1. The van der Waals surface area contributed by atoms with Crippen LogP contribution in [0.15, 0.2) is 0 Å². The van der Waals surface area contributed by atoms with Gasteiger partial charge in [0.05, 0.1) is 6.10 Å². The zero-order valence-corrected chi connectivity index (χ0v) is 13.3. The van der Waals surface area contributed by atoms with E-state index in [2.05, 4.69) is 5.32 Å². The first-order chi connectivity index (χ1) is 9.20. The Bertz CT molecular complexity index is 290. The van der Waals surface area contributed by atoms with Crippen LogP contribution in [0.3, 0.4) is 0 Å². The second-order valence-electron chi connectivity index (χ2n) is 6.08. The van der Waals surface area contributed by atoms with Crippen LogP contribution >= 0.6 is 12.4 Å². The van der Waals surface area contributed by atoms with Gasteiger partial charge in [-0.3, -0.25) is 4.79 Å². The summed E-state index contributed by atoms with van der Waals surface area (Å²) in [6, 6.07) is 0.146. The molecule has 0 aliphatic heterocycles. The van der Waals surface area contributed by atoms with E-state index in [1.807, 2.05) is 6.92 Å². The number of hydrogen-bond acceptors (Lipinski definition) is 3. The van der Waals surface area contributed by atoms with Crippen molar-refractivity contribution in [3.05, 3.63) is 0 Å². The number of rotatable bonds is 6. The van der Waals surface area contributed by atoms with Crippen molar-refractivity contribution in [3.63, 3.8) is 0 Å². The van der Waals surface area contributed by atoms with Crippen LogP contribution in [0.1, 0.15) is 58.3 Å². The molecule has 2 rings (SSSR count). The third-order valence-corrected chi connectivity index (χ3v) is 4.34. The van der Waals surface area contributed by atoms with Gasteiger partial charge >= 0.3 is 0 Å². The van der Waals surface area contributed by atoms with Gasteiger partial charge in [0, 0.05) is 12.6 Å². The zero-order valence-electron chi connectivity index (χ0n) is 12.5. The standard InChI is InChI=1S/C15H28N2O2.ClH/c1-11(19-13-6-4-2-3-5-7-13)15(18)17-14(10-16)12-8-9-12;/h11-14H,2-10,16H2,1H3,(H,17,18);1H. The van der Waals surface area contributed by atoms with Gasteiger partial charge in [0.2, 0.25) is 5.91 Å². The van der Waals surface area contributed by atoms with E-state index in [0.717, 1.165) is 12.8 Å². The zero-order chi connectivity index (χ0) is 13.7. The van der Waals surface area contributed by atoms with Crippen LogP contribution in [0, 0.1) is 5.92 Å². The monoisotopic (exact) mass is 304 g/mol. The number of nitrogens with one attached hydrogen (secondary N) is 1. The minimum atomic E-state index is -0.351. The van der Waals surface area contributed by atoms with Gasteiger partial charge in [-0.25, -0.2) is 0 Å². The lowest BCUT2D eigenvalue weighted by molar-refractivity contribution is -0.136. The Morgan fingerprint density at radius 3 is 2.30 bits per heavy atom. The topological polar surface area (TPSA) is 64.3 Å². The van der Waals surface area contributed by atoms with Crippen LogP contribution < -0.4 is 11.1 Å². The molecule has 4 nitrogen and oxygen atoms in total. The number of carbonyl (C=O) groups is 1. The van der Waals surface area contributed by atoms with Gasteiger partial charge in [-0.15, -0.1) is 12.4 Å². The molecule has 0 aromatic heterocycles. The number of nitrogens with two attached hydrogens (primary N) is 1. The quantitative estimate of drug-likeness (QED) is 0.741. The SMILES string of the molecule is CC(OC1CCCCCC1)C(=O)NC(CN)C1CC1.Cl. The van der Waals surface area contributed by atoms with Crippen molar-refractivity contribution in [3.8, 4) is 0 Å². The Morgan fingerprint density at radius 2 is 1.80 bits per heavy atom. The molecule has 0 saturated heterocycles. The summed E-state index contributed by atoms with van der Waals surface area (Å²) in [5, 5.41) is 3.04. The minimum Gasteiger partial charge on any atom is -0.365 e. The molecule has 118 valence electrons. The van der Waals surface area contributed by atoms with E-state index in [9.17, 15) is 4.79 Å². The maximum Gasteiger partial charge on any atom is 0.249 e. The molecule has 2 saturated carbocycles. The highest BCUT2D eigenvalue weighted by molar-refractivity contribution is 5.85. The second-order valence-corrected chi connectivity index (χ2v) is 6.08. The number of amides is 1. The van der Waals surface area contributed by atoms with Crippen molar-refractivity contribution >= 4 is 18.3 Å². The molecular weight excluding hydrogens is 276 g/mol. The molecular formula is C15H29ClN2O2. The lowest BCUT2D eigenvalue weighted by Crippen LogP contribution is -2.46. The van der Waals surface area contributed by atoms with Gasteiger partial charge in [-0.1, -0.05) is 25.7 Å². The molecule has 0 spiro atoms. The summed E-state index contributed by atoms with van der Waals surface area (Å²) in [5.74, 6) is 0.602. The van der Waals surface area contributed by atoms with Crippen LogP contribution in [-0.2, 0) is 9.53 Å². The molecule has 2 aliphatic carbocycles. The molecule has 5 heteroatoms. The van der Waals surface area contributed by atoms with E-state index >= 15 is 0 Å². The van der Waals surface area contributed by atoms with Gasteiger partial charge in [0.25, 0.3) is 0 Å². The maximum atomic E-state index is 12.1. The van der Waals surface area contributed by atoms with E-state index < -0.39 is 0 Å². The molecule has 0 bridgehead atoms. The molecule has 0 radical (unpaired) electrons. The third-order valence-electron chi connectivity index (χ3n) is 4.34. The molecule has 0 aromatic rings. The average Bonchev–Trinajstić information content (AvgIpc) is 3.22. The Balaban J connectivity index is 0.00000200. The molecule has 2 unspecified atom stereocenters. The van der Waals surface area contributed by atoms with Gasteiger partial charge in [-0.05, 0) is 38.5 Å². The summed E-state index contributed by atoms with van der Waals surface area (Å²) < 4.78 is 5.93. The number of hydrogen-bond donors (Lipinski definition) is 2. The van der Waals surface area contributed by atoms with Crippen molar-refractivity contribution in [2.75, 3.05) is 6.54 Å². The highest BCUT2D eigenvalue weighted by Gasteiger charge is 2.32. The third kappa shape index (κ3) is 5.58. The van der Waals surface area contributed by atoms with E-state index in [1.54, 1.807) is 0 Å². The van der Waals surface area contributed by atoms with Gasteiger partial charge in [0.15, 0.2) is 0 Å². The normalized spacial score (nSPS) is 23.3. The molecule has 3 N–H and O–H groups in total. The largest absolute Gasteiger partial charge is 0.365 e. The Hall–Kier alpha value is -0.320. The van der Waals surface area contributed by atoms with E-state index in [-0.39, 0.29) is 36.6 Å². The van der Waals surface area contributed by atoms with Gasteiger partial charge in [-0.2, -0.15) is 0 Å². The smallest absolute Gasteiger partial charge is 0.249 e. The first-order valence-electron chi connectivity index (χ1n) is 7.86. The van der Waals surface area contributed by atoms with Crippen LogP contribution in [0.2, 0.25) is 0 Å². The Morgan fingerprint density at radius 1 is 1.20 bits per heavy atom. The van der Waals surface area contributed by atoms with Gasteiger partial charge in [0.1, 0.15) is 6.10 Å². The summed E-state index contributed by atoms with van der Waals surface area (Å²) in [6.45, 7) is 2.40.